The number of nitrogens with one attached hydrogen (secondary N) is 3. The fourth-order valence-electron chi connectivity index (χ4n) is 4.29. The molecule has 8 nitrogen and oxygen atoms in total. The summed E-state index contributed by atoms with van der Waals surface area (Å²) in [5, 5.41) is 10.0. The Kier molecular flexibility index (Phi) is 5.64. The summed E-state index contributed by atoms with van der Waals surface area (Å²) >= 11 is 0. The van der Waals surface area contributed by atoms with Gasteiger partial charge in [-0.3, -0.25) is 0 Å². The Morgan fingerprint density at radius 1 is 1.32 bits per heavy atom. The normalized spacial score (nSPS) is 19.7. The summed E-state index contributed by atoms with van der Waals surface area (Å²) in [6.07, 6.45) is 6.25. The van der Waals surface area contributed by atoms with Crippen LogP contribution in [-0.2, 0) is 4.74 Å². The number of likely N-dealkylation sites (N-methyl/N-ethyl adjacent to an activating group) is 2. The highest BCUT2D eigenvalue weighted by atomic mass is 16.6. The topological polar surface area (TPSA) is 82.9 Å². The van der Waals surface area contributed by atoms with Gasteiger partial charge in [-0.05, 0) is 72.2 Å². The van der Waals surface area contributed by atoms with Crippen LogP contribution in [0.5, 0.6) is 0 Å². The van der Waals surface area contributed by atoms with E-state index < -0.39 is 11.7 Å². The van der Waals surface area contributed by atoms with Gasteiger partial charge in [-0.2, -0.15) is 0 Å². The summed E-state index contributed by atoms with van der Waals surface area (Å²) < 4.78 is 7.49. The number of hydrogen-bond acceptors (Lipinski definition) is 6. The standard InChI is InChI=1S/C23H36N6O2/c1-15(26-21(30)31-22(2,3)4)19-11-29-10-17(16-7-8-16)9-18(20(29)27-19)25-12-23(24-5)13-28(6)14-23/h9-11,15-16,24-25H,7-8,12-14H2,1-6H3,(H,26,30)/t15-/m1/s1. The number of hydrogen-bond donors (Lipinski definition) is 3. The molecule has 8 heteroatoms. The van der Waals surface area contributed by atoms with Gasteiger partial charge in [0.2, 0.25) is 0 Å². The summed E-state index contributed by atoms with van der Waals surface area (Å²) in [7, 11) is 4.17. The van der Waals surface area contributed by atoms with Gasteiger partial charge in [0.05, 0.1) is 23.0 Å². The minimum Gasteiger partial charge on any atom is -0.444 e. The first-order valence-electron chi connectivity index (χ1n) is 11.2. The number of fused-ring (bicyclic) bond motifs is 1. The lowest BCUT2D eigenvalue weighted by atomic mass is 9.90. The monoisotopic (exact) mass is 428 g/mol. The SMILES string of the molecule is CNC1(CNc2cc(C3CC3)cn3cc([C@@H](C)NC(=O)OC(C)(C)C)nc23)CN(C)C1. The molecule has 2 aromatic rings. The third-order valence-corrected chi connectivity index (χ3v) is 6.11. The fourth-order valence-corrected chi connectivity index (χ4v) is 4.29. The van der Waals surface area contributed by atoms with Crippen molar-refractivity contribution >= 4 is 17.4 Å². The average Bonchev–Trinajstić information content (AvgIpc) is 3.40. The molecule has 2 aliphatic rings. The van der Waals surface area contributed by atoms with Crippen LogP contribution in [0.15, 0.2) is 18.5 Å². The molecule has 0 spiro atoms. The van der Waals surface area contributed by atoms with Crippen LogP contribution in [-0.4, -0.2) is 65.2 Å². The molecular formula is C23H36N6O2. The van der Waals surface area contributed by atoms with E-state index in [0.717, 1.165) is 36.7 Å². The van der Waals surface area contributed by atoms with Crippen molar-refractivity contribution < 1.29 is 9.53 Å². The van der Waals surface area contributed by atoms with Crippen LogP contribution < -0.4 is 16.0 Å². The predicted octanol–water partition coefficient (Wildman–Crippen LogP) is 3.11. The first kappa shape index (κ1) is 21.9. The van der Waals surface area contributed by atoms with Gasteiger partial charge >= 0.3 is 6.09 Å². The second-order valence-corrected chi connectivity index (χ2v) is 10.3. The Bertz CT molecular complexity index is 953. The van der Waals surface area contributed by atoms with Crippen LogP contribution in [0.25, 0.3) is 5.65 Å². The highest BCUT2D eigenvalue weighted by Crippen LogP contribution is 2.41. The average molecular weight is 429 g/mol. The lowest BCUT2D eigenvalue weighted by molar-refractivity contribution is 0.0507. The van der Waals surface area contributed by atoms with Crippen molar-refractivity contribution in [3.8, 4) is 0 Å². The number of anilines is 1. The molecule has 1 saturated carbocycles. The minimum absolute atomic E-state index is 0.0856. The minimum atomic E-state index is -0.530. The van der Waals surface area contributed by atoms with Crippen molar-refractivity contribution in [1.29, 1.82) is 0 Å². The number of aromatic nitrogens is 2. The molecule has 2 fully saturated rings. The predicted molar refractivity (Wildman–Crippen MR) is 123 cm³/mol. The molecule has 3 heterocycles. The van der Waals surface area contributed by atoms with Gasteiger partial charge in [-0.15, -0.1) is 0 Å². The number of carbonyl (C=O) groups is 1. The lowest BCUT2D eigenvalue weighted by Gasteiger charge is -2.48. The Hall–Kier alpha value is -2.32. The van der Waals surface area contributed by atoms with E-state index in [0.29, 0.717) is 5.92 Å². The van der Waals surface area contributed by atoms with E-state index >= 15 is 0 Å². The Labute approximate surface area is 184 Å². The molecular weight excluding hydrogens is 392 g/mol. The highest BCUT2D eigenvalue weighted by Gasteiger charge is 2.39. The van der Waals surface area contributed by atoms with Gasteiger partial charge in [-0.25, -0.2) is 9.78 Å². The third-order valence-electron chi connectivity index (χ3n) is 6.11. The van der Waals surface area contributed by atoms with Gasteiger partial charge < -0.3 is 30.0 Å². The second kappa shape index (κ2) is 7.98. The Morgan fingerprint density at radius 3 is 2.61 bits per heavy atom. The number of alkyl carbamates (subject to hydrolysis) is 1. The van der Waals surface area contributed by atoms with Gasteiger partial charge in [0.1, 0.15) is 5.60 Å². The molecule has 2 aromatic heterocycles. The summed E-state index contributed by atoms with van der Waals surface area (Å²) in [6, 6.07) is 2.00. The number of likely N-dealkylation sites (tertiary alicyclic amines) is 1. The number of rotatable bonds is 7. The summed E-state index contributed by atoms with van der Waals surface area (Å²) in [6.45, 7) is 10.4. The number of imidazole rings is 1. The zero-order chi connectivity index (χ0) is 22.4. The van der Waals surface area contributed by atoms with E-state index in [4.69, 9.17) is 9.72 Å². The van der Waals surface area contributed by atoms with E-state index in [-0.39, 0.29) is 11.6 Å². The zero-order valence-electron chi connectivity index (χ0n) is 19.6. The number of amides is 1. The fraction of sp³-hybridized carbons (Fsp3) is 0.652. The number of carbonyl (C=O) groups excluding carboxylic acids is 1. The quantitative estimate of drug-likeness (QED) is 0.629. The first-order valence-corrected chi connectivity index (χ1v) is 11.2. The van der Waals surface area contributed by atoms with Gasteiger partial charge in [-0.1, -0.05) is 0 Å². The number of nitrogens with zero attached hydrogens (tertiary/aromatic N) is 3. The van der Waals surface area contributed by atoms with E-state index in [1.165, 1.54) is 18.4 Å². The van der Waals surface area contributed by atoms with E-state index in [9.17, 15) is 4.79 Å². The maximum absolute atomic E-state index is 12.2. The number of ether oxygens (including phenoxy) is 1. The van der Waals surface area contributed by atoms with Gasteiger partial charge in [0, 0.05) is 32.0 Å². The third kappa shape index (κ3) is 4.96. The van der Waals surface area contributed by atoms with Crippen LogP contribution in [0.1, 0.15) is 63.8 Å². The summed E-state index contributed by atoms with van der Waals surface area (Å²) in [4.78, 5) is 19.4. The highest BCUT2D eigenvalue weighted by molar-refractivity contribution is 5.71. The lowest BCUT2D eigenvalue weighted by Crippen LogP contribution is -2.70. The van der Waals surface area contributed by atoms with Crippen molar-refractivity contribution in [1.82, 2.24) is 24.9 Å². The van der Waals surface area contributed by atoms with E-state index in [1.807, 2.05) is 40.9 Å². The molecule has 1 saturated heterocycles. The van der Waals surface area contributed by atoms with E-state index in [2.05, 4.69) is 44.6 Å². The molecule has 1 aliphatic carbocycles. The molecule has 0 radical (unpaired) electrons. The number of pyridine rings is 1. The Morgan fingerprint density at radius 2 is 2.03 bits per heavy atom. The molecule has 1 atom stereocenters. The largest absolute Gasteiger partial charge is 0.444 e. The molecule has 0 aromatic carbocycles. The second-order valence-electron chi connectivity index (χ2n) is 10.3. The molecule has 0 bridgehead atoms. The molecule has 3 N–H and O–H groups in total. The van der Waals surface area contributed by atoms with Crippen molar-refractivity contribution in [3.63, 3.8) is 0 Å². The van der Waals surface area contributed by atoms with Gasteiger partial charge in [0.25, 0.3) is 0 Å². The first-order chi connectivity index (χ1) is 14.6. The van der Waals surface area contributed by atoms with Crippen LogP contribution in [0.3, 0.4) is 0 Å². The van der Waals surface area contributed by atoms with Crippen molar-refractivity contribution in [2.45, 2.75) is 63.6 Å². The van der Waals surface area contributed by atoms with Crippen molar-refractivity contribution in [2.24, 2.45) is 0 Å². The zero-order valence-corrected chi connectivity index (χ0v) is 19.6. The van der Waals surface area contributed by atoms with Crippen molar-refractivity contribution in [3.05, 3.63) is 29.7 Å². The van der Waals surface area contributed by atoms with Crippen LogP contribution >= 0.6 is 0 Å². The molecule has 0 unspecified atom stereocenters. The van der Waals surface area contributed by atoms with Crippen LogP contribution in [0.4, 0.5) is 10.5 Å². The molecule has 4 rings (SSSR count). The molecule has 1 amide bonds. The molecule has 31 heavy (non-hydrogen) atoms. The molecule has 170 valence electrons. The van der Waals surface area contributed by atoms with Crippen LogP contribution in [0.2, 0.25) is 0 Å². The summed E-state index contributed by atoms with van der Waals surface area (Å²) in [5.74, 6) is 0.640. The summed E-state index contributed by atoms with van der Waals surface area (Å²) in [5.41, 5.74) is 3.64. The Balaban J connectivity index is 1.55. The maximum atomic E-state index is 12.2. The van der Waals surface area contributed by atoms with Crippen molar-refractivity contribution in [2.75, 3.05) is 39.0 Å². The molecule has 1 aliphatic heterocycles. The van der Waals surface area contributed by atoms with Gasteiger partial charge in [0.15, 0.2) is 5.65 Å². The smallest absolute Gasteiger partial charge is 0.408 e. The maximum Gasteiger partial charge on any atom is 0.408 e. The van der Waals surface area contributed by atoms with E-state index in [1.54, 1.807) is 0 Å². The van der Waals surface area contributed by atoms with Crippen LogP contribution in [0, 0.1) is 0 Å².